The fourth-order valence-corrected chi connectivity index (χ4v) is 1.13. The molecule has 11 heavy (non-hydrogen) atoms. The number of nitrogens with zero attached hydrogens (tertiary/aromatic N) is 2. The molecule has 0 aliphatic heterocycles. The molecule has 0 spiro atoms. The van der Waals surface area contributed by atoms with Crippen molar-refractivity contribution in [2.24, 2.45) is 0 Å². The molecule has 1 aromatic rings. The maximum Gasteiger partial charge on any atom is 0.221 e. The van der Waals surface area contributed by atoms with Gasteiger partial charge in [0, 0.05) is 12.5 Å². The highest BCUT2D eigenvalue weighted by Crippen LogP contribution is 2.03. The Balaban J connectivity index is 3.28. The van der Waals surface area contributed by atoms with Crippen molar-refractivity contribution in [3.05, 3.63) is 12.3 Å². The quantitative estimate of drug-likeness (QED) is 0.576. The van der Waals surface area contributed by atoms with E-state index >= 15 is 0 Å². The van der Waals surface area contributed by atoms with E-state index in [4.69, 9.17) is 5.73 Å². The molecule has 1 aromatic heterocycles. The summed E-state index contributed by atoms with van der Waals surface area (Å²) in [5.41, 5.74) is 5.17. The van der Waals surface area contributed by atoms with E-state index in [1.807, 2.05) is 0 Å². The first-order valence-electron chi connectivity index (χ1n) is 2.79. The van der Waals surface area contributed by atoms with E-state index in [2.05, 4.69) is 9.97 Å². The summed E-state index contributed by atoms with van der Waals surface area (Å²) >= 11 is 0. The first-order chi connectivity index (χ1) is 5.00. The van der Waals surface area contributed by atoms with Crippen molar-refractivity contribution >= 4 is 15.8 Å². The second-order valence-electron chi connectivity index (χ2n) is 2.03. The number of sulfone groups is 1. The topological polar surface area (TPSA) is 85.9 Å². The molecule has 1 rings (SSSR count). The first kappa shape index (κ1) is 7.93. The largest absolute Gasteiger partial charge is 0.368 e. The average Bonchev–Trinajstić information content (AvgIpc) is 1.86. The van der Waals surface area contributed by atoms with Crippen LogP contribution in [0.25, 0.3) is 0 Å². The molecule has 0 fully saturated rings. The van der Waals surface area contributed by atoms with Gasteiger partial charge >= 0.3 is 0 Å². The smallest absolute Gasteiger partial charge is 0.221 e. The third-order valence-corrected chi connectivity index (χ3v) is 2.02. The third-order valence-electron chi connectivity index (χ3n) is 1.03. The van der Waals surface area contributed by atoms with Gasteiger partial charge in [-0.25, -0.2) is 18.4 Å². The lowest BCUT2D eigenvalue weighted by atomic mass is 10.7. The molecular weight excluding hydrogens is 166 g/mol. The summed E-state index contributed by atoms with van der Waals surface area (Å²) in [7, 11) is -3.26. The Hall–Kier alpha value is -1.17. The summed E-state index contributed by atoms with van der Waals surface area (Å²) in [6.45, 7) is 0. The van der Waals surface area contributed by atoms with Crippen molar-refractivity contribution in [1.82, 2.24) is 9.97 Å². The monoisotopic (exact) mass is 173 g/mol. The summed E-state index contributed by atoms with van der Waals surface area (Å²) < 4.78 is 21.7. The van der Waals surface area contributed by atoms with Crippen LogP contribution in [0.2, 0.25) is 0 Å². The minimum atomic E-state index is -3.26. The lowest BCUT2D eigenvalue weighted by molar-refractivity contribution is 0.598. The Morgan fingerprint density at radius 2 is 2.18 bits per heavy atom. The van der Waals surface area contributed by atoms with Gasteiger partial charge in [-0.1, -0.05) is 0 Å². The zero-order valence-corrected chi connectivity index (χ0v) is 6.67. The number of aromatic nitrogens is 2. The molecule has 0 unspecified atom stereocenters. The van der Waals surface area contributed by atoms with E-state index in [1.165, 1.54) is 12.3 Å². The van der Waals surface area contributed by atoms with E-state index in [0.29, 0.717) is 0 Å². The number of nitrogen functional groups attached to an aromatic ring is 1. The van der Waals surface area contributed by atoms with Crippen molar-refractivity contribution in [3.63, 3.8) is 0 Å². The Kier molecular flexibility index (Phi) is 1.77. The van der Waals surface area contributed by atoms with Crippen molar-refractivity contribution in [3.8, 4) is 0 Å². The van der Waals surface area contributed by atoms with Crippen LogP contribution in [0.3, 0.4) is 0 Å². The van der Waals surface area contributed by atoms with Gasteiger partial charge in [0.15, 0.2) is 14.9 Å². The van der Waals surface area contributed by atoms with E-state index in [0.717, 1.165) is 6.26 Å². The molecule has 6 heteroatoms. The molecule has 0 aliphatic carbocycles. The van der Waals surface area contributed by atoms with Gasteiger partial charge in [0.05, 0.1) is 0 Å². The van der Waals surface area contributed by atoms with Crippen LogP contribution in [0.1, 0.15) is 0 Å². The predicted octanol–water partition coefficient (Wildman–Crippen LogP) is -0.538. The second kappa shape index (κ2) is 2.46. The average molecular weight is 173 g/mol. The van der Waals surface area contributed by atoms with Crippen LogP contribution in [-0.2, 0) is 9.84 Å². The van der Waals surface area contributed by atoms with Crippen molar-refractivity contribution in [2.75, 3.05) is 12.0 Å². The number of rotatable bonds is 1. The van der Waals surface area contributed by atoms with Crippen molar-refractivity contribution < 1.29 is 8.42 Å². The van der Waals surface area contributed by atoms with Gasteiger partial charge in [-0.2, -0.15) is 0 Å². The second-order valence-corrected chi connectivity index (χ2v) is 3.99. The van der Waals surface area contributed by atoms with Gasteiger partial charge in [-0.05, 0) is 6.07 Å². The summed E-state index contributed by atoms with van der Waals surface area (Å²) in [6.07, 6.45) is 2.37. The van der Waals surface area contributed by atoms with Crippen molar-refractivity contribution in [2.45, 2.75) is 5.03 Å². The van der Waals surface area contributed by atoms with Crippen LogP contribution >= 0.6 is 0 Å². The minimum absolute atomic E-state index is 0.0343. The van der Waals surface area contributed by atoms with Crippen LogP contribution in [0.15, 0.2) is 17.3 Å². The standard InChI is InChI=1S/C5H7N3O2S/c1-11(9,10)4-2-3-7-5(6)8-4/h2-3H,1H3,(H2,6,7,8). The van der Waals surface area contributed by atoms with Crippen molar-refractivity contribution in [1.29, 1.82) is 0 Å². The predicted molar refractivity (Wildman–Crippen MR) is 39.6 cm³/mol. The van der Waals surface area contributed by atoms with E-state index in [-0.39, 0.29) is 11.0 Å². The minimum Gasteiger partial charge on any atom is -0.368 e. The Morgan fingerprint density at radius 1 is 1.55 bits per heavy atom. The summed E-state index contributed by atoms with van der Waals surface area (Å²) in [4.78, 5) is 7.08. The van der Waals surface area contributed by atoms with Crippen LogP contribution < -0.4 is 5.73 Å². The van der Waals surface area contributed by atoms with Gasteiger partial charge in [0.2, 0.25) is 5.95 Å². The molecule has 0 aliphatic rings. The molecule has 0 saturated heterocycles. The van der Waals surface area contributed by atoms with E-state index < -0.39 is 9.84 Å². The Labute approximate surface area is 64.2 Å². The summed E-state index contributed by atoms with van der Waals surface area (Å²) in [5.74, 6) is -0.0343. The SMILES string of the molecule is CS(=O)(=O)c1ccnc(N)n1. The lowest BCUT2D eigenvalue weighted by Gasteiger charge is -1.95. The highest BCUT2D eigenvalue weighted by molar-refractivity contribution is 7.90. The summed E-state index contributed by atoms with van der Waals surface area (Å²) in [5, 5.41) is -0.0509. The van der Waals surface area contributed by atoms with Gasteiger partial charge in [-0.3, -0.25) is 0 Å². The fourth-order valence-electron chi connectivity index (χ4n) is 0.563. The van der Waals surface area contributed by atoms with Gasteiger partial charge in [0.25, 0.3) is 0 Å². The molecule has 0 atom stereocenters. The van der Waals surface area contributed by atoms with Crippen LogP contribution in [0, 0.1) is 0 Å². The zero-order chi connectivity index (χ0) is 8.48. The molecule has 0 aromatic carbocycles. The molecule has 1 heterocycles. The van der Waals surface area contributed by atoms with E-state index in [9.17, 15) is 8.42 Å². The molecule has 2 N–H and O–H groups in total. The molecule has 0 amide bonds. The molecule has 0 saturated carbocycles. The number of anilines is 1. The van der Waals surface area contributed by atoms with Gasteiger partial charge in [-0.15, -0.1) is 0 Å². The first-order valence-corrected chi connectivity index (χ1v) is 4.68. The molecular formula is C5H7N3O2S. The van der Waals surface area contributed by atoms with Gasteiger partial charge in [0.1, 0.15) is 0 Å². The Morgan fingerprint density at radius 3 is 2.55 bits per heavy atom. The number of nitrogens with two attached hydrogens (primary N) is 1. The van der Waals surface area contributed by atoms with Crippen LogP contribution in [-0.4, -0.2) is 24.6 Å². The Bertz CT molecular complexity index is 360. The number of hydrogen-bond donors (Lipinski definition) is 1. The molecule has 0 bridgehead atoms. The molecule has 5 nitrogen and oxygen atoms in total. The van der Waals surface area contributed by atoms with Gasteiger partial charge < -0.3 is 5.73 Å². The maximum atomic E-state index is 10.8. The lowest BCUT2D eigenvalue weighted by Crippen LogP contribution is -2.03. The summed E-state index contributed by atoms with van der Waals surface area (Å²) in [6, 6.07) is 1.30. The number of hydrogen-bond acceptors (Lipinski definition) is 5. The maximum absolute atomic E-state index is 10.8. The van der Waals surface area contributed by atoms with E-state index in [1.54, 1.807) is 0 Å². The van der Waals surface area contributed by atoms with Crippen LogP contribution in [0.5, 0.6) is 0 Å². The highest BCUT2D eigenvalue weighted by atomic mass is 32.2. The third kappa shape index (κ3) is 1.87. The molecule has 60 valence electrons. The fraction of sp³-hybridized carbons (Fsp3) is 0.200. The highest BCUT2D eigenvalue weighted by Gasteiger charge is 2.07. The molecule has 0 radical (unpaired) electrons. The normalized spacial score (nSPS) is 11.4. The zero-order valence-electron chi connectivity index (χ0n) is 5.85. The van der Waals surface area contributed by atoms with Crippen LogP contribution in [0.4, 0.5) is 5.95 Å².